The van der Waals surface area contributed by atoms with Crippen molar-refractivity contribution in [2.75, 3.05) is 33.0 Å². The molecule has 0 amide bonds. The Balaban J connectivity index is 1.87. The Labute approximate surface area is 127 Å². The van der Waals surface area contributed by atoms with Gasteiger partial charge in [0.25, 0.3) is 0 Å². The van der Waals surface area contributed by atoms with Crippen LogP contribution in [0, 0.1) is 12.3 Å². The number of hydrogen-bond acceptors (Lipinski definition) is 4. The molecule has 1 atom stereocenters. The number of hydrogen-bond donors (Lipinski definition) is 1. The highest BCUT2D eigenvalue weighted by molar-refractivity contribution is 9.10. The third kappa shape index (κ3) is 4.80. The first-order valence-electron chi connectivity index (χ1n) is 6.54. The quantitative estimate of drug-likeness (QED) is 0.804. The van der Waals surface area contributed by atoms with E-state index in [2.05, 4.69) is 27.2 Å². The molecule has 0 saturated carbocycles. The van der Waals surface area contributed by atoms with E-state index in [-0.39, 0.29) is 12.7 Å². The second kappa shape index (κ2) is 8.28. The van der Waals surface area contributed by atoms with Crippen LogP contribution in [-0.2, 0) is 16.0 Å². The van der Waals surface area contributed by atoms with Gasteiger partial charge in [-0.25, -0.2) is 0 Å². The Kier molecular flexibility index (Phi) is 6.34. The maximum atomic E-state index is 5.58. The lowest BCUT2D eigenvalue weighted by atomic mass is 10.2. The highest BCUT2D eigenvalue weighted by Gasteiger charge is 2.14. The minimum atomic E-state index is 0.117. The number of benzene rings is 1. The van der Waals surface area contributed by atoms with Gasteiger partial charge in [0, 0.05) is 23.1 Å². The van der Waals surface area contributed by atoms with Crippen LogP contribution >= 0.6 is 15.9 Å². The molecule has 1 N–H and O–H groups in total. The SMILES string of the molecule is C#CCOc1ccc(Br)cc1CNCC1COCCO1. The first kappa shape index (κ1) is 15.3. The number of nitrogens with one attached hydrogen (secondary N) is 1. The molecule has 1 saturated heterocycles. The topological polar surface area (TPSA) is 39.7 Å². The minimum Gasteiger partial charge on any atom is -0.481 e. The van der Waals surface area contributed by atoms with Gasteiger partial charge in [-0.15, -0.1) is 6.42 Å². The molecule has 0 spiro atoms. The van der Waals surface area contributed by atoms with Gasteiger partial charge in [0.2, 0.25) is 0 Å². The molecule has 1 aromatic rings. The largest absolute Gasteiger partial charge is 0.481 e. The van der Waals surface area contributed by atoms with Crippen molar-refractivity contribution in [1.82, 2.24) is 5.32 Å². The summed E-state index contributed by atoms with van der Waals surface area (Å²) in [4.78, 5) is 0. The van der Waals surface area contributed by atoms with E-state index in [1.165, 1.54) is 0 Å². The van der Waals surface area contributed by atoms with E-state index >= 15 is 0 Å². The molecule has 1 aromatic carbocycles. The van der Waals surface area contributed by atoms with Gasteiger partial charge in [0.1, 0.15) is 12.4 Å². The predicted molar refractivity (Wildman–Crippen MR) is 80.7 cm³/mol. The lowest BCUT2D eigenvalue weighted by Gasteiger charge is -2.23. The number of halogens is 1. The van der Waals surface area contributed by atoms with E-state index in [1.54, 1.807) is 0 Å². The van der Waals surface area contributed by atoms with Crippen LogP contribution in [0.5, 0.6) is 5.75 Å². The van der Waals surface area contributed by atoms with E-state index in [0.29, 0.717) is 26.4 Å². The van der Waals surface area contributed by atoms with Gasteiger partial charge >= 0.3 is 0 Å². The maximum Gasteiger partial charge on any atom is 0.148 e. The van der Waals surface area contributed by atoms with Crippen LogP contribution in [-0.4, -0.2) is 39.1 Å². The summed E-state index contributed by atoms with van der Waals surface area (Å²) in [5, 5.41) is 3.36. The van der Waals surface area contributed by atoms with E-state index < -0.39 is 0 Å². The lowest BCUT2D eigenvalue weighted by molar-refractivity contribution is -0.0864. The summed E-state index contributed by atoms with van der Waals surface area (Å²) in [5.74, 6) is 3.28. The summed E-state index contributed by atoms with van der Waals surface area (Å²) in [6.07, 6.45) is 5.34. The van der Waals surface area contributed by atoms with Crippen LogP contribution in [0.1, 0.15) is 5.56 Å². The van der Waals surface area contributed by atoms with Crippen molar-refractivity contribution in [3.05, 3.63) is 28.2 Å². The van der Waals surface area contributed by atoms with Crippen LogP contribution in [0.2, 0.25) is 0 Å². The minimum absolute atomic E-state index is 0.117. The van der Waals surface area contributed by atoms with E-state index in [9.17, 15) is 0 Å². The first-order valence-corrected chi connectivity index (χ1v) is 7.33. The van der Waals surface area contributed by atoms with Gasteiger partial charge in [0.15, 0.2) is 0 Å². The standard InChI is InChI=1S/C15H18BrNO3/c1-2-5-20-15-4-3-13(16)8-12(15)9-17-10-14-11-18-6-7-19-14/h1,3-4,8,14,17H,5-7,9-11H2. The van der Waals surface area contributed by atoms with Crippen LogP contribution < -0.4 is 10.1 Å². The van der Waals surface area contributed by atoms with Crippen LogP contribution in [0.25, 0.3) is 0 Å². The molecule has 0 radical (unpaired) electrons. The Morgan fingerprint density at radius 3 is 3.10 bits per heavy atom. The van der Waals surface area contributed by atoms with Crippen LogP contribution in [0.3, 0.4) is 0 Å². The Hall–Kier alpha value is -1.06. The van der Waals surface area contributed by atoms with E-state index in [1.807, 2.05) is 18.2 Å². The second-order valence-corrected chi connectivity index (χ2v) is 5.36. The van der Waals surface area contributed by atoms with Crippen molar-refractivity contribution < 1.29 is 14.2 Å². The van der Waals surface area contributed by atoms with Gasteiger partial charge in [-0.1, -0.05) is 21.9 Å². The number of terminal acetylenes is 1. The fourth-order valence-electron chi connectivity index (χ4n) is 1.97. The molecule has 4 nitrogen and oxygen atoms in total. The van der Waals surface area contributed by atoms with E-state index in [0.717, 1.165) is 22.3 Å². The van der Waals surface area contributed by atoms with Crippen molar-refractivity contribution >= 4 is 15.9 Å². The molecular formula is C15H18BrNO3. The van der Waals surface area contributed by atoms with Crippen LogP contribution in [0.4, 0.5) is 0 Å². The third-order valence-corrected chi connectivity index (χ3v) is 3.40. The van der Waals surface area contributed by atoms with Crippen molar-refractivity contribution in [3.63, 3.8) is 0 Å². The fourth-order valence-corrected chi connectivity index (χ4v) is 2.38. The normalized spacial score (nSPS) is 18.5. The average molecular weight is 340 g/mol. The number of rotatable bonds is 6. The van der Waals surface area contributed by atoms with Crippen molar-refractivity contribution in [2.45, 2.75) is 12.6 Å². The molecule has 20 heavy (non-hydrogen) atoms. The summed E-state index contributed by atoms with van der Waals surface area (Å²) < 4.78 is 17.5. The molecule has 1 heterocycles. The molecule has 1 fully saturated rings. The first-order chi connectivity index (χ1) is 9.79. The monoisotopic (exact) mass is 339 g/mol. The zero-order valence-electron chi connectivity index (χ0n) is 11.2. The molecule has 1 aliphatic heterocycles. The molecule has 1 unspecified atom stereocenters. The van der Waals surface area contributed by atoms with Crippen molar-refractivity contribution in [3.8, 4) is 18.1 Å². The molecule has 108 valence electrons. The lowest BCUT2D eigenvalue weighted by Crippen LogP contribution is -2.37. The van der Waals surface area contributed by atoms with E-state index in [4.69, 9.17) is 20.6 Å². The van der Waals surface area contributed by atoms with Gasteiger partial charge < -0.3 is 19.5 Å². The molecule has 5 heteroatoms. The Bertz CT molecular complexity index is 467. The Morgan fingerprint density at radius 2 is 2.35 bits per heavy atom. The summed E-state index contributed by atoms with van der Waals surface area (Å²) in [6.45, 7) is 3.71. The zero-order valence-corrected chi connectivity index (χ0v) is 12.8. The predicted octanol–water partition coefficient (Wildman–Crippen LogP) is 1.97. The molecule has 0 bridgehead atoms. The van der Waals surface area contributed by atoms with Gasteiger partial charge in [-0.05, 0) is 18.2 Å². The fraction of sp³-hybridized carbons (Fsp3) is 0.467. The van der Waals surface area contributed by atoms with Crippen LogP contribution in [0.15, 0.2) is 22.7 Å². The number of ether oxygens (including phenoxy) is 3. The average Bonchev–Trinajstić information content (AvgIpc) is 2.47. The smallest absolute Gasteiger partial charge is 0.148 e. The van der Waals surface area contributed by atoms with Crippen molar-refractivity contribution in [2.24, 2.45) is 0 Å². The molecule has 1 aliphatic rings. The van der Waals surface area contributed by atoms with Gasteiger partial charge in [-0.2, -0.15) is 0 Å². The second-order valence-electron chi connectivity index (χ2n) is 4.44. The summed E-state index contributed by atoms with van der Waals surface area (Å²) >= 11 is 3.46. The molecule has 0 aromatic heterocycles. The molecule has 2 rings (SSSR count). The summed E-state index contributed by atoms with van der Waals surface area (Å²) in [5.41, 5.74) is 1.06. The zero-order chi connectivity index (χ0) is 14.2. The Morgan fingerprint density at radius 1 is 1.45 bits per heavy atom. The maximum absolute atomic E-state index is 5.58. The molecule has 0 aliphatic carbocycles. The van der Waals surface area contributed by atoms with Crippen molar-refractivity contribution in [1.29, 1.82) is 0 Å². The van der Waals surface area contributed by atoms with Gasteiger partial charge in [-0.3, -0.25) is 0 Å². The highest BCUT2D eigenvalue weighted by atomic mass is 79.9. The third-order valence-electron chi connectivity index (χ3n) is 2.91. The van der Waals surface area contributed by atoms with Gasteiger partial charge in [0.05, 0.1) is 25.9 Å². The summed E-state index contributed by atoms with van der Waals surface area (Å²) in [6, 6.07) is 5.88. The summed E-state index contributed by atoms with van der Waals surface area (Å²) in [7, 11) is 0. The molecular weight excluding hydrogens is 322 g/mol. The highest BCUT2D eigenvalue weighted by Crippen LogP contribution is 2.23.